The molecule has 0 saturated carbocycles. The second-order valence-corrected chi connectivity index (χ2v) is 5.06. The van der Waals surface area contributed by atoms with E-state index in [0.717, 1.165) is 4.47 Å². The standard InChI is InChI=1S/C13H6BrClO2/c14-7-1-4-11-10(5-7)13(16)9-3-2-8(15)6-12(9)17-11/h1-6H. The van der Waals surface area contributed by atoms with Crippen molar-refractivity contribution >= 4 is 49.5 Å². The van der Waals surface area contributed by atoms with Crippen LogP contribution in [0.5, 0.6) is 0 Å². The fourth-order valence-corrected chi connectivity index (χ4v) is 2.32. The minimum Gasteiger partial charge on any atom is -0.456 e. The second-order valence-electron chi connectivity index (χ2n) is 3.71. The highest BCUT2D eigenvalue weighted by molar-refractivity contribution is 9.10. The summed E-state index contributed by atoms with van der Waals surface area (Å²) in [6, 6.07) is 10.4. The molecule has 0 fully saturated rings. The molecule has 3 rings (SSSR count). The van der Waals surface area contributed by atoms with Crippen LogP contribution in [0, 0.1) is 0 Å². The van der Waals surface area contributed by atoms with Crippen molar-refractivity contribution in [3.8, 4) is 0 Å². The maximum atomic E-state index is 12.2. The molecule has 0 N–H and O–H groups in total. The predicted molar refractivity (Wildman–Crippen MR) is 72.7 cm³/mol. The number of fused-ring (bicyclic) bond motifs is 2. The molecule has 2 aromatic carbocycles. The van der Waals surface area contributed by atoms with Crippen LogP contribution in [-0.4, -0.2) is 0 Å². The lowest BCUT2D eigenvalue weighted by Crippen LogP contribution is -2.01. The zero-order valence-electron chi connectivity index (χ0n) is 8.54. The van der Waals surface area contributed by atoms with Crippen molar-refractivity contribution < 1.29 is 4.42 Å². The molecule has 0 aliphatic heterocycles. The Morgan fingerprint density at radius 2 is 1.82 bits per heavy atom. The maximum absolute atomic E-state index is 12.2. The molecule has 0 bridgehead atoms. The van der Waals surface area contributed by atoms with Crippen molar-refractivity contribution in [2.75, 3.05) is 0 Å². The highest BCUT2D eigenvalue weighted by Crippen LogP contribution is 2.23. The largest absolute Gasteiger partial charge is 0.456 e. The number of halogens is 2. The molecule has 2 nitrogen and oxygen atoms in total. The Labute approximate surface area is 110 Å². The monoisotopic (exact) mass is 308 g/mol. The molecule has 0 saturated heterocycles. The average Bonchev–Trinajstić information content (AvgIpc) is 2.30. The van der Waals surface area contributed by atoms with Gasteiger partial charge in [0.1, 0.15) is 11.2 Å². The molecule has 4 heteroatoms. The Morgan fingerprint density at radius 1 is 1.00 bits per heavy atom. The number of hydrogen-bond acceptors (Lipinski definition) is 2. The first-order chi connectivity index (χ1) is 8.15. The third kappa shape index (κ3) is 1.75. The average molecular weight is 310 g/mol. The van der Waals surface area contributed by atoms with E-state index >= 15 is 0 Å². The van der Waals surface area contributed by atoms with E-state index in [4.69, 9.17) is 16.0 Å². The predicted octanol–water partition coefficient (Wildman–Crippen LogP) is 4.36. The van der Waals surface area contributed by atoms with Crippen LogP contribution in [0.1, 0.15) is 0 Å². The minimum atomic E-state index is -0.0424. The topological polar surface area (TPSA) is 30.2 Å². The molecule has 0 aliphatic carbocycles. The maximum Gasteiger partial charge on any atom is 0.200 e. The Morgan fingerprint density at radius 3 is 2.65 bits per heavy atom. The van der Waals surface area contributed by atoms with E-state index in [2.05, 4.69) is 15.9 Å². The Hall–Kier alpha value is -1.32. The fourth-order valence-electron chi connectivity index (χ4n) is 1.80. The summed E-state index contributed by atoms with van der Waals surface area (Å²) in [5, 5.41) is 1.66. The highest BCUT2D eigenvalue weighted by Gasteiger charge is 2.08. The molecule has 3 aromatic rings. The Balaban J connectivity index is 2.57. The highest BCUT2D eigenvalue weighted by atomic mass is 79.9. The SMILES string of the molecule is O=c1c2ccc(Cl)cc2oc2ccc(Br)cc12. The smallest absolute Gasteiger partial charge is 0.200 e. The molecule has 17 heavy (non-hydrogen) atoms. The third-order valence-electron chi connectivity index (χ3n) is 2.59. The van der Waals surface area contributed by atoms with Gasteiger partial charge in [-0.25, -0.2) is 0 Å². The Bertz CT molecular complexity index is 792. The van der Waals surface area contributed by atoms with E-state index in [1.807, 2.05) is 6.07 Å². The van der Waals surface area contributed by atoms with Gasteiger partial charge in [-0.2, -0.15) is 0 Å². The van der Waals surface area contributed by atoms with Crippen molar-refractivity contribution in [3.63, 3.8) is 0 Å². The van der Waals surface area contributed by atoms with Gasteiger partial charge in [0.2, 0.25) is 5.43 Å². The summed E-state index contributed by atoms with van der Waals surface area (Å²) < 4.78 is 6.51. The molecule has 0 amide bonds. The number of hydrogen-bond donors (Lipinski definition) is 0. The molecule has 0 aliphatic rings. The van der Waals surface area contributed by atoms with E-state index in [9.17, 15) is 4.79 Å². The first kappa shape index (κ1) is 10.8. The summed E-state index contributed by atoms with van der Waals surface area (Å²) in [5.41, 5.74) is 1.03. The zero-order valence-corrected chi connectivity index (χ0v) is 10.9. The van der Waals surface area contributed by atoms with E-state index in [0.29, 0.717) is 27.0 Å². The van der Waals surface area contributed by atoms with Gasteiger partial charge in [-0.05, 0) is 30.3 Å². The summed E-state index contributed by atoms with van der Waals surface area (Å²) >= 11 is 9.22. The zero-order chi connectivity index (χ0) is 12.0. The molecule has 0 unspecified atom stereocenters. The van der Waals surface area contributed by atoms with Crippen molar-refractivity contribution in [3.05, 3.63) is 56.1 Å². The van der Waals surface area contributed by atoms with Crippen molar-refractivity contribution in [2.45, 2.75) is 0 Å². The minimum absolute atomic E-state index is 0.0424. The molecule has 1 aromatic heterocycles. The fraction of sp³-hybridized carbons (Fsp3) is 0. The first-order valence-corrected chi connectivity index (χ1v) is 6.14. The molecule has 1 heterocycles. The van der Waals surface area contributed by atoms with E-state index in [1.165, 1.54) is 0 Å². The lowest BCUT2D eigenvalue weighted by Gasteiger charge is -2.01. The molecular formula is C13H6BrClO2. The van der Waals surface area contributed by atoms with Gasteiger partial charge in [0.25, 0.3) is 0 Å². The van der Waals surface area contributed by atoms with Crippen LogP contribution in [0.15, 0.2) is 50.1 Å². The number of rotatable bonds is 0. The quantitative estimate of drug-likeness (QED) is 0.577. The summed E-state index contributed by atoms with van der Waals surface area (Å²) in [5.74, 6) is 0. The van der Waals surface area contributed by atoms with Gasteiger partial charge >= 0.3 is 0 Å². The van der Waals surface area contributed by atoms with Gasteiger partial charge in [0.15, 0.2) is 0 Å². The normalized spacial score (nSPS) is 11.2. The van der Waals surface area contributed by atoms with E-state index in [-0.39, 0.29) is 5.43 Å². The van der Waals surface area contributed by atoms with Gasteiger partial charge in [-0.15, -0.1) is 0 Å². The molecule has 0 radical (unpaired) electrons. The van der Waals surface area contributed by atoms with Crippen LogP contribution in [0.25, 0.3) is 21.9 Å². The lowest BCUT2D eigenvalue weighted by molar-refractivity contribution is 0.660. The summed E-state index contributed by atoms with van der Waals surface area (Å²) in [4.78, 5) is 12.2. The van der Waals surface area contributed by atoms with Crippen LogP contribution in [0.3, 0.4) is 0 Å². The van der Waals surface area contributed by atoms with E-state index < -0.39 is 0 Å². The lowest BCUT2D eigenvalue weighted by atomic mass is 10.1. The molecule has 0 atom stereocenters. The van der Waals surface area contributed by atoms with Crippen molar-refractivity contribution in [2.24, 2.45) is 0 Å². The second kappa shape index (κ2) is 3.86. The van der Waals surface area contributed by atoms with Gasteiger partial charge < -0.3 is 4.42 Å². The van der Waals surface area contributed by atoms with Crippen LogP contribution >= 0.6 is 27.5 Å². The van der Waals surface area contributed by atoms with Gasteiger partial charge in [0, 0.05) is 15.6 Å². The van der Waals surface area contributed by atoms with Crippen LogP contribution in [0.4, 0.5) is 0 Å². The summed E-state index contributed by atoms with van der Waals surface area (Å²) in [6.45, 7) is 0. The van der Waals surface area contributed by atoms with Crippen molar-refractivity contribution in [1.29, 1.82) is 0 Å². The molecule has 0 spiro atoms. The van der Waals surface area contributed by atoms with Crippen LogP contribution in [-0.2, 0) is 0 Å². The summed E-state index contributed by atoms with van der Waals surface area (Å²) in [7, 11) is 0. The Kier molecular flexibility index (Phi) is 2.45. The molecule has 84 valence electrons. The van der Waals surface area contributed by atoms with E-state index in [1.54, 1.807) is 30.3 Å². The number of benzene rings is 2. The molecular weight excluding hydrogens is 303 g/mol. The summed E-state index contributed by atoms with van der Waals surface area (Å²) in [6.07, 6.45) is 0. The van der Waals surface area contributed by atoms with Crippen LogP contribution < -0.4 is 5.43 Å². The van der Waals surface area contributed by atoms with Crippen LogP contribution in [0.2, 0.25) is 5.02 Å². The van der Waals surface area contributed by atoms with Gasteiger partial charge in [-0.3, -0.25) is 4.79 Å². The van der Waals surface area contributed by atoms with Crippen molar-refractivity contribution in [1.82, 2.24) is 0 Å². The third-order valence-corrected chi connectivity index (χ3v) is 3.32. The van der Waals surface area contributed by atoms with Gasteiger partial charge in [-0.1, -0.05) is 27.5 Å². The van der Waals surface area contributed by atoms with Gasteiger partial charge in [0.05, 0.1) is 10.8 Å². The first-order valence-electron chi connectivity index (χ1n) is 4.97.